The topological polar surface area (TPSA) is 86.5 Å². The second kappa shape index (κ2) is 8.39. The molecular weight excluding hydrogens is 354 g/mol. The van der Waals surface area contributed by atoms with Gasteiger partial charge in [0, 0.05) is 11.6 Å². The van der Waals surface area contributed by atoms with Crippen LogP contribution in [0.5, 0.6) is 11.5 Å². The van der Waals surface area contributed by atoms with Gasteiger partial charge in [0.05, 0.1) is 25.7 Å². The molecule has 1 aromatic heterocycles. The average molecular weight is 371 g/mol. The van der Waals surface area contributed by atoms with Gasteiger partial charge in [0.1, 0.15) is 11.5 Å². The van der Waals surface area contributed by atoms with Crippen molar-refractivity contribution < 1.29 is 18.7 Å². The van der Waals surface area contributed by atoms with Crippen LogP contribution in [0.15, 0.2) is 58.2 Å². The number of benzene rings is 2. The number of methoxy groups -OCH3 is 2. The van der Waals surface area contributed by atoms with E-state index in [0.717, 1.165) is 17.3 Å². The molecule has 0 saturated heterocycles. The molecule has 0 saturated carbocycles. The van der Waals surface area contributed by atoms with Gasteiger partial charge < -0.3 is 19.2 Å². The molecule has 1 N–H and O–H groups in total. The van der Waals surface area contributed by atoms with Crippen LogP contribution in [0, 0.1) is 0 Å². The summed E-state index contributed by atoms with van der Waals surface area (Å²) in [5.74, 6) is 1.49. The Balaban J connectivity index is 1.61. The number of amides is 1. The molecule has 134 valence electrons. The van der Waals surface area contributed by atoms with Gasteiger partial charge >= 0.3 is 0 Å². The maximum Gasteiger partial charge on any atom is 0.277 e. The quantitative estimate of drug-likeness (QED) is 0.636. The van der Waals surface area contributed by atoms with E-state index in [9.17, 15) is 4.79 Å². The molecule has 1 amide bonds. The summed E-state index contributed by atoms with van der Waals surface area (Å²) in [5, 5.41) is 11.1. The maximum atomic E-state index is 12.2. The van der Waals surface area contributed by atoms with E-state index < -0.39 is 0 Å². The lowest BCUT2D eigenvalue weighted by Crippen LogP contribution is -2.14. The predicted molar refractivity (Wildman–Crippen MR) is 98.6 cm³/mol. The van der Waals surface area contributed by atoms with E-state index in [-0.39, 0.29) is 11.7 Å². The zero-order chi connectivity index (χ0) is 18.4. The molecule has 0 bridgehead atoms. The third-order valence-corrected chi connectivity index (χ3v) is 4.25. The van der Waals surface area contributed by atoms with Crippen molar-refractivity contribution in [3.05, 3.63) is 48.5 Å². The number of nitrogens with one attached hydrogen (secondary N) is 1. The molecule has 0 unspecified atom stereocenters. The van der Waals surface area contributed by atoms with Gasteiger partial charge in [-0.2, -0.15) is 0 Å². The molecule has 3 rings (SSSR count). The highest BCUT2D eigenvalue weighted by atomic mass is 32.2. The van der Waals surface area contributed by atoms with Crippen LogP contribution >= 0.6 is 11.8 Å². The van der Waals surface area contributed by atoms with Crippen LogP contribution in [0.25, 0.3) is 11.5 Å². The minimum atomic E-state index is -0.221. The van der Waals surface area contributed by atoms with Crippen molar-refractivity contribution in [2.75, 3.05) is 25.3 Å². The van der Waals surface area contributed by atoms with Crippen molar-refractivity contribution in [1.82, 2.24) is 10.2 Å². The molecule has 3 aromatic rings. The van der Waals surface area contributed by atoms with Gasteiger partial charge in [0.15, 0.2) is 0 Å². The minimum Gasteiger partial charge on any atom is -0.497 e. The van der Waals surface area contributed by atoms with Crippen molar-refractivity contribution in [1.29, 1.82) is 0 Å². The van der Waals surface area contributed by atoms with E-state index in [0.29, 0.717) is 28.3 Å². The second-order valence-electron chi connectivity index (χ2n) is 5.14. The lowest BCUT2D eigenvalue weighted by Gasteiger charge is -2.11. The Labute approximate surface area is 154 Å². The molecule has 0 spiro atoms. The summed E-state index contributed by atoms with van der Waals surface area (Å²) in [7, 11) is 3.10. The Bertz CT molecular complexity index is 883. The van der Waals surface area contributed by atoms with Crippen LogP contribution < -0.4 is 14.8 Å². The molecule has 0 aliphatic rings. The molecule has 0 aliphatic carbocycles. The maximum absolute atomic E-state index is 12.2. The van der Waals surface area contributed by atoms with Gasteiger partial charge in [-0.05, 0) is 24.3 Å². The third-order valence-electron chi connectivity index (χ3n) is 3.43. The number of rotatable bonds is 7. The highest BCUT2D eigenvalue weighted by Gasteiger charge is 2.13. The summed E-state index contributed by atoms with van der Waals surface area (Å²) in [6.45, 7) is 0. The van der Waals surface area contributed by atoms with Gasteiger partial charge in [-0.15, -0.1) is 10.2 Å². The lowest BCUT2D eigenvalue weighted by atomic mass is 10.2. The Morgan fingerprint density at radius 3 is 2.65 bits per heavy atom. The SMILES string of the molecule is COc1ccc(OC)c(NC(=O)CSc2nnc(-c3ccccc3)o2)c1. The van der Waals surface area contributed by atoms with Crippen molar-refractivity contribution >= 4 is 23.4 Å². The first-order valence-electron chi connectivity index (χ1n) is 7.73. The number of anilines is 1. The number of ether oxygens (including phenoxy) is 2. The summed E-state index contributed by atoms with van der Waals surface area (Å²) >= 11 is 1.16. The third kappa shape index (κ3) is 4.34. The van der Waals surface area contributed by atoms with E-state index >= 15 is 0 Å². The van der Waals surface area contributed by atoms with Crippen molar-refractivity contribution in [2.45, 2.75) is 5.22 Å². The zero-order valence-electron chi connectivity index (χ0n) is 14.3. The van der Waals surface area contributed by atoms with E-state index in [1.165, 1.54) is 7.11 Å². The number of aromatic nitrogens is 2. The van der Waals surface area contributed by atoms with Crippen LogP contribution in [-0.4, -0.2) is 36.1 Å². The van der Waals surface area contributed by atoms with Gasteiger partial charge in [0.25, 0.3) is 5.22 Å². The van der Waals surface area contributed by atoms with Crippen molar-refractivity contribution in [2.24, 2.45) is 0 Å². The summed E-state index contributed by atoms with van der Waals surface area (Å²) in [4.78, 5) is 12.2. The summed E-state index contributed by atoms with van der Waals surface area (Å²) < 4.78 is 16.0. The number of carbonyl (C=O) groups is 1. The molecular formula is C18H17N3O4S. The summed E-state index contributed by atoms with van der Waals surface area (Å²) in [6, 6.07) is 14.6. The molecule has 0 radical (unpaired) electrons. The van der Waals surface area contributed by atoms with Gasteiger partial charge in [-0.1, -0.05) is 30.0 Å². The minimum absolute atomic E-state index is 0.122. The molecule has 0 atom stereocenters. The largest absolute Gasteiger partial charge is 0.497 e. The van der Waals surface area contributed by atoms with E-state index in [1.54, 1.807) is 25.3 Å². The van der Waals surface area contributed by atoms with Crippen molar-refractivity contribution in [3.8, 4) is 23.0 Å². The molecule has 0 fully saturated rings. The molecule has 1 heterocycles. The highest BCUT2D eigenvalue weighted by molar-refractivity contribution is 7.99. The standard InChI is InChI=1S/C18H17N3O4S/c1-23-13-8-9-15(24-2)14(10-13)19-16(22)11-26-18-21-20-17(25-18)12-6-4-3-5-7-12/h3-10H,11H2,1-2H3,(H,19,22). The van der Waals surface area contributed by atoms with Crippen LogP contribution in [0.2, 0.25) is 0 Å². The first kappa shape index (κ1) is 17.8. The Morgan fingerprint density at radius 1 is 1.12 bits per heavy atom. The summed E-state index contributed by atoms with van der Waals surface area (Å²) in [6.07, 6.45) is 0. The zero-order valence-corrected chi connectivity index (χ0v) is 15.1. The number of thioether (sulfide) groups is 1. The predicted octanol–water partition coefficient (Wildman–Crippen LogP) is 3.48. The lowest BCUT2D eigenvalue weighted by molar-refractivity contribution is -0.113. The molecule has 8 heteroatoms. The van der Waals surface area contributed by atoms with Gasteiger partial charge in [-0.3, -0.25) is 4.79 Å². The molecule has 0 aliphatic heterocycles. The monoisotopic (exact) mass is 371 g/mol. The van der Waals surface area contributed by atoms with E-state index in [2.05, 4.69) is 15.5 Å². The van der Waals surface area contributed by atoms with Gasteiger partial charge in [0.2, 0.25) is 11.8 Å². The number of carbonyl (C=O) groups excluding carboxylic acids is 1. The van der Waals surface area contributed by atoms with E-state index in [1.807, 2.05) is 30.3 Å². The molecule has 2 aromatic carbocycles. The molecule has 26 heavy (non-hydrogen) atoms. The highest BCUT2D eigenvalue weighted by Crippen LogP contribution is 2.29. The van der Waals surface area contributed by atoms with Crippen LogP contribution in [0.1, 0.15) is 0 Å². The average Bonchev–Trinajstić information content (AvgIpc) is 3.16. The Hall–Kier alpha value is -3.00. The normalized spacial score (nSPS) is 10.4. The van der Waals surface area contributed by atoms with Crippen molar-refractivity contribution in [3.63, 3.8) is 0 Å². The first-order valence-corrected chi connectivity index (χ1v) is 8.71. The Morgan fingerprint density at radius 2 is 1.92 bits per heavy atom. The number of nitrogens with zero attached hydrogens (tertiary/aromatic N) is 2. The Kier molecular flexibility index (Phi) is 5.75. The summed E-state index contributed by atoms with van der Waals surface area (Å²) in [5.41, 5.74) is 1.37. The fourth-order valence-corrected chi connectivity index (χ4v) is 2.75. The van der Waals surface area contributed by atoms with Crippen LogP contribution in [-0.2, 0) is 4.79 Å². The van der Waals surface area contributed by atoms with E-state index in [4.69, 9.17) is 13.9 Å². The van der Waals surface area contributed by atoms with Gasteiger partial charge in [-0.25, -0.2) is 0 Å². The fourth-order valence-electron chi connectivity index (χ4n) is 2.19. The first-order chi connectivity index (χ1) is 12.7. The fraction of sp³-hybridized carbons (Fsp3) is 0.167. The second-order valence-corrected chi connectivity index (χ2v) is 6.07. The smallest absolute Gasteiger partial charge is 0.277 e. The van der Waals surface area contributed by atoms with Crippen LogP contribution in [0.4, 0.5) is 5.69 Å². The number of hydrogen-bond donors (Lipinski definition) is 1. The molecule has 7 nitrogen and oxygen atoms in total. The number of hydrogen-bond acceptors (Lipinski definition) is 7. The van der Waals surface area contributed by atoms with Crippen LogP contribution in [0.3, 0.4) is 0 Å².